The third-order valence-corrected chi connectivity index (χ3v) is 10.1. The van der Waals surface area contributed by atoms with Gasteiger partial charge in [-0.05, 0) is 116 Å². The van der Waals surface area contributed by atoms with Crippen molar-refractivity contribution in [1.29, 1.82) is 0 Å². The minimum Gasteiger partial charge on any atom is -0.293 e. The van der Waals surface area contributed by atoms with Gasteiger partial charge in [0, 0.05) is 11.1 Å². The van der Waals surface area contributed by atoms with Crippen molar-refractivity contribution in [3.8, 4) is 61.3 Å². The topological polar surface area (TPSA) is 30.7 Å². The number of aromatic nitrogens is 3. The zero-order chi connectivity index (χ0) is 35.1. The molecule has 0 fully saturated rings. The highest BCUT2D eigenvalue weighted by Gasteiger charge is 2.17. The number of fused-ring (bicyclic) bond motifs is 4. The molecule has 2 aromatic heterocycles. The number of para-hydroxylation sites is 2. The van der Waals surface area contributed by atoms with Crippen molar-refractivity contribution in [3.05, 3.63) is 200 Å². The maximum atomic E-state index is 5.31. The van der Waals surface area contributed by atoms with Crippen molar-refractivity contribution in [2.24, 2.45) is 0 Å². The molecule has 0 saturated heterocycles. The lowest BCUT2D eigenvalue weighted by atomic mass is 9.91. The van der Waals surface area contributed by atoms with E-state index in [1.54, 1.807) is 0 Å². The van der Waals surface area contributed by atoms with E-state index in [1.807, 2.05) is 6.07 Å². The van der Waals surface area contributed by atoms with E-state index in [9.17, 15) is 0 Å². The van der Waals surface area contributed by atoms with Crippen LogP contribution in [-0.2, 0) is 0 Å². The Hall–Kier alpha value is -7.10. The predicted octanol–water partition coefficient (Wildman–Crippen LogP) is 13.1. The van der Waals surface area contributed by atoms with Gasteiger partial charge in [0.15, 0.2) is 5.65 Å². The fraction of sp³-hybridized carbons (Fsp3) is 0. The minimum atomic E-state index is 0.860. The van der Waals surface area contributed by atoms with Gasteiger partial charge in [-0.2, -0.15) is 0 Å². The fourth-order valence-electron chi connectivity index (χ4n) is 7.53. The Morgan fingerprint density at radius 1 is 0.302 bits per heavy atom. The number of benzene rings is 8. The Morgan fingerprint density at radius 3 is 1.34 bits per heavy atom. The van der Waals surface area contributed by atoms with Crippen molar-refractivity contribution in [2.75, 3.05) is 0 Å². The molecule has 53 heavy (non-hydrogen) atoms. The maximum Gasteiger partial charge on any atom is 0.165 e. The summed E-state index contributed by atoms with van der Waals surface area (Å²) in [6.45, 7) is 0. The van der Waals surface area contributed by atoms with Crippen LogP contribution >= 0.6 is 0 Å². The molecule has 0 bridgehead atoms. The minimum absolute atomic E-state index is 0.860. The maximum absolute atomic E-state index is 5.31. The van der Waals surface area contributed by atoms with Gasteiger partial charge in [-0.25, -0.2) is 9.97 Å². The Bertz CT molecular complexity index is 2830. The van der Waals surface area contributed by atoms with Crippen LogP contribution in [0.1, 0.15) is 0 Å². The normalized spacial score (nSPS) is 11.4. The van der Waals surface area contributed by atoms with Crippen LogP contribution in [0.15, 0.2) is 200 Å². The molecule has 0 spiro atoms. The van der Waals surface area contributed by atoms with E-state index >= 15 is 0 Å². The summed E-state index contributed by atoms with van der Waals surface area (Å²) >= 11 is 0. The molecule has 8 aromatic carbocycles. The number of nitrogens with zero attached hydrogens (tertiary/aromatic N) is 3. The van der Waals surface area contributed by atoms with Crippen molar-refractivity contribution in [2.45, 2.75) is 0 Å². The van der Waals surface area contributed by atoms with Gasteiger partial charge in [0.05, 0.1) is 16.6 Å². The first-order valence-electron chi connectivity index (χ1n) is 18.0. The van der Waals surface area contributed by atoms with Crippen LogP contribution in [0.2, 0.25) is 0 Å². The predicted molar refractivity (Wildman–Crippen MR) is 221 cm³/mol. The van der Waals surface area contributed by atoms with Gasteiger partial charge < -0.3 is 0 Å². The molecule has 0 radical (unpaired) electrons. The van der Waals surface area contributed by atoms with Crippen molar-refractivity contribution in [3.63, 3.8) is 0 Å². The quantitative estimate of drug-likeness (QED) is 0.176. The lowest BCUT2D eigenvalue weighted by Crippen LogP contribution is -1.96. The molecule has 0 aliphatic heterocycles. The number of rotatable bonds is 6. The number of hydrogen-bond donors (Lipinski definition) is 0. The molecule has 0 atom stereocenters. The summed E-state index contributed by atoms with van der Waals surface area (Å²) in [4.78, 5) is 10.5. The van der Waals surface area contributed by atoms with Gasteiger partial charge in [0.25, 0.3) is 0 Å². The molecule has 10 rings (SSSR count). The van der Waals surface area contributed by atoms with Crippen LogP contribution in [0.4, 0.5) is 0 Å². The Kier molecular flexibility index (Phi) is 7.47. The summed E-state index contributed by atoms with van der Waals surface area (Å²) in [5, 5.41) is 1.09. The van der Waals surface area contributed by atoms with Crippen LogP contribution in [0.5, 0.6) is 0 Å². The lowest BCUT2D eigenvalue weighted by Gasteiger charge is -2.14. The van der Waals surface area contributed by atoms with E-state index in [0.717, 1.165) is 61.0 Å². The van der Waals surface area contributed by atoms with E-state index in [-0.39, 0.29) is 0 Å². The molecule has 0 amide bonds. The van der Waals surface area contributed by atoms with Gasteiger partial charge in [-0.15, -0.1) is 0 Å². The molecule has 0 aliphatic carbocycles. The molecule has 0 saturated carbocycles. The van der Waals surface area contributed by atoms with Crippen LogP contribution in [0, 0.1) is 0 Å². The molecule has 0 unspecified atom stereocenters. The SMILES string of the molecule is c1ccc(-c2cccc(-c3cc(-c4cccc(-c5ccccc5)c4)cc(-c4ccc5nc6c(nc5c4)c4ccccc4n6-c4ccccc4)c3)c2)cc1. The second-order valence-electron chi connectivity index (χ2n) is 13.5. The second-order valence-corrected chi connectivity index (χ2v) is 13.5. The van der Waals surface area contributed by atoms with Gasteiger partial charge in [-0.1, -0.05) is 140 Å². The first-order valence-corrected chi connectivity index (χ1v) is 18.0. The van der Waals surface area contributed by atoms with E-state index in [4.69, 9.17) is 9.97 Å². The molecule has 0 aliphatic rings. The van der Waals surface area contributed by atoms with Gasteiger partial charge in [-0.3, -0.25) is 4.57 Å². The van der Waals surface area contributed by atoms with Crippen LogP contribution in [-0.4, -0.2) is 14.5 Å². The largest absolute Gasteiger partial charge is 0.293 e. The molecular formula is C50H33N3. The summed E-state index contributed by atoms with van der Waals surface area (Å²) in [5.41, 5.74) is 17.3. The van der Waals surface area contributed by atoms with E-state index < -0.39 is 0 Å². The second kappa shape index (κ2) is 12.9. The summed E-state index contributed by atoms with van der Waals surface area (Å²) < 4.78 is 2.22. The summed E-state index contributed by atoms with van der Waals surface area (Å²) in [5.74, 6) is 0. The number of hydrogen-bond acceptors (Lipinski definition) is 2. The average Bonchev–Trinajstić information content (AvgIpc) is 3.56. The van der Waals surface area contributed by atoms with E-state index in [0.29, 0.717) is 0 Å². The summed E-state index contributed by atoms with van der Waals surface area (Å²) in [6.07, 6.45) is 0. The third kappa shape index (κ3) is 5.65. The van der Waals surface area contributed by atoms with Crippen LogP contribution in [0.25, 0.3) is 94.4 Å². The van der Waals surface area contributed by atoms with Gasteiger partial charge in [0.2, 0.25) is 0 Å². The van der Waals surface area contributed by atoms with E-state index in [2.05, 4.69) is 199 Å². The Balaban J connectivity index is 1.15. The zero-order valence-corrected chi connectivity index (χ0v) is 28.9. The molecular weight excluding hydrogens is 643 g/mol. The molecule has 3 nitrogen and oxygen atoms in total. The molecule has 248 valence electrons. The lowest BCUT2D eigenvalue weighted by molar-refractivity contribution is 1.14. The molecule has 10 aromatic rings. The molecule has 0 N–H and O–H groups in total. The average molecular weight is 676 g/mol. The van der Waals surface area contributed by atoms with Crippen molar-refractivity contribution >= 4 is 33.1 Å². The standard InChI is InChI=1S/C50H33N3/c1-4-14-34(15-5-1)36-18-12-20-38(28-36)41-30-42(39-21-13-19-37(29-39)35-16-6-2-7-17-35)32-43(31-41)40-26-27-46-47(33-40)51-49-45-24-10-11-25-48(45)53(50(49)52-46)44-22-8-3-9-23-44/h1-33H. The monoisotopic (exact) mass is 675 g/mol. The first kappa shape index (κ1) is 30.7. The highest BCUT2D eigenvalue weighted by Crippen LogP contribution is 2.37. The smallest absolute Gasteiger partial charge is 0.165 e. The van der Waals surface area contributed by atoms with Crippen LogP contribution in [0.3, 0.4) is 0 Å². The van der Waals surface area contributed by atoms with Gasteiger partial charge >= 0.3 is 0 Å². The highest BCUT2D eigenvalue weighted by molar-refractivity contribution is 6.08. The molecule has 2 heterocycles. The Labute approximate surface area is 308 Å². The first-order chi connectivity index (χ1) is 26.2. The van der Waals surface area contributed by atoms with Crippen molar-refractivity contribution in [1.82, 2.24) is 14.5 Å². The molecule has 3 heteroatoms. The van der Waals surface area contributed by atoms with Gasteiger partial charge in [0.1, 0.15) is 5.52 Å². The Morgan fingerprint density at radius 2 is 0.755 bits per heavy atom. The van der Waals surface area contributed by atoms with Crippen molar-refractivity contribution < 1.29 is 0 Å². The third-order valence-electron chi connectivity index (χ3n) is 10.1. The zero-order valence-electron chi connectivity index (χ0n) is 28.9. The van der Waals surface area contributed by atoms with E-state index in [1.165, 1.54) is 33.4 Å². The highest BCUT2D eigenvalue weighted by atomic mass is 15.1. The summed E-state index contributed by atoms with van der Waals surface area (Å²) in [7, 11) is 0. The van der Waals surface area contributed by atoms with Crippen LogP contribution < -0.4 is 0 Å². The fourth-order valence-corrected chi connectivity index (χ4v) is 7.53. The summed E-state index contributed by atoms with van der Waals surface area (Å²) in [6, 6.07) is 71.1.